The van der Waals surface area contributed by atoms with E-state index in [0.717, 1.165) is 0 Å². The van der Waals surface area contributed by atoms with Gasteiger partial charge in [0, 0.05) is 51.1 Å². The van der Waals surface area contributed by atoms with E-state index in [9.17, 15) is 34.8 Å². The van der Waals surface area contributed by atoms with E-state index in [1.165, 1.54) is 13.2 Å². The molecule has 5 aliphatic rings. The van der Waals surface area contributed by atoms with Gasteiger partial charge in [-0.05, 0) is 31.4 Å². The molecule has 0 aromatic carbocycles. The van der Waals surface area contributed by atoms with Gasteiger partial charge in [0.25, 0.3) is 0 Å². The Kier molecular flexibility index (Phi) is 8.23. The number of ether oxygens (including phenoxy) is 3. The van der Waals surface area contributed by atoms with Crippen molar-refractivity contribution >= 4 is 17.9 Å². The van der Waals surface area contributed by atoms with Crippen molar-refractivity contribution in [2.75, 3.05) is 7.11 Å². The molecule has 0 aromatic rings. The van der Waals surface area contributed by atoms with Crippen LogP contribution in [-0.2, 0) is 61.3 Å². The summed E-state index contributed by atoms with van der Waals surface area (Å²) in [6, 6.07) is -0.670. The first-order chi connectivity index (χ1) is 17.5. The van der Waals surface area contributed by atoms with Crippen LogP contribution in [0.5, 0.6) is 0 Å². The minimum absolute atomic E-state index is 0. The van der Waals surface area contributed by atoms with Gasteiger partial charge in [0.1, 0.15) is 17.3 Å². The Labute approximate surface area is 244 Å². The maximum atomic E-state index is 13.6. The molecular weight excluding hydrogens is 575 g/mol. The van der Waals surface area contributed by atoms with Crippen molar-refractivity contribution in [2.24, 2.45) is 29.4 Å². The summed E-state index contributed by atoms with van der Waals surface area (Å²) >= 11 is 0. The number of carbonyl (C=O) groups excluding carboxylic acids is 3. The van der Waals surface area contributed by atoms with Gasteiger partial charge < -0.3 is 45.2 Å². The zero-order chi connectivity index (χ0) is 26.8. The van der Waals surface area contributed by atoms with E-state index < -0.39 is 83.0 Å². The third-order valence-corrected chi connectivity index (χ3v) is 8.19. The van der Waals surface area contributed by atoms with Gasteiger partial charge in [0.15, 0.2) is 17.9 Å². The average molecular weight is 605 g/mol. The van der Waals surface area contributed by atoms with Crippen molar-refractivity contribution in [3.63, 3.8) is 0 Å². The fraction of sp³-hybridized carbons (Fsp3) is 0.577. The maximum absolute atomic E-state index is 13.6. The second-order valence-electron chi connectivity index (χ2n) is 10.4. The first-order valence-corrected chi connectivity index (χ1v) is 12.2. The number of aliphatic hydroxyl groups excluding tert-OH is 3. The number of aliphatic hydroxyl groups is 4. The van der Waals surface area contributed by atoms with Gasteiger partial charge in [0.05, 0.1) is 54.3 Å². The molecule has 3 fully saturated rings. The van der Waals surface area contributed by atoms with Crippen LogP contribution in [0.4, 0.5) is 0 Å². The molecular formula is C26H30NO10Y-. The third-order valence-electron chi connectivity index (χ3n) is 8.19. The van der Waals surface area contributed by atoms with Crippen LogP contribution >= 0.6 is 0 Å². The summed E-state index contributed by atoms with van der Waals surface area (Å²) in [6.45, 7) is 1.61. The predicted molar refractivity (Wildman–Crippen MR) is 125 cm³/mol. The molecule has 0 bridgehead atoms. The van der Waals surface area contributed by atoms with Crippen molar-refractivity contribution in [1.82, 2.24) is 0 Å². The number of nitrogens with two attached hydrogens (primary N) is 1. The summed E-state index contributed by atoms with van der Waals surface area (Å²) in [6.07, 6.45) is 2.03. The zero-order valence-corrected chi connectivity index (χ0v) is 23.8. The average Bonchev–Trinajstić information content (AvgIpc) is 2.87. The van der Waals surface area contributed by atoms with Gasteiger partial charge in [-0.2, -0.15) is 0 Å². The molecule has 10 atom stereocenters. The second-order valence-corrected chi connectivity index (χ2v) is 10.4. The van der Waals surface area contributed by atoms with E-state index in [2.05, 4.69) is 0 Å². The maximum Gasteiger partial charge on any atom is 0.178 e. The van der Waals surface area contributed by atoms with Crippen molar-refractivity contribution in [1.29, 1.82) is 0 Å². The Hall–Kier alpha value is -1.73. The molecule has 0 aromatic heterocycles. The first-order valence-electron chi connectivity index (χ1n) is 12.2. The smallest absolute Gasteiger partial charge is 0.178 e. The number of hydrogen-bond acceptors (Lipinski definition) is 11. The van der Waals surface area contributed by atoms with Gasteiger partial charge in [-0.1, -0.05) is 12.2 Å². The van der Waals surface area contributed by atoms with Crippen LogP contribution in [-0.4, -0.2) is 81.6 Å². The fourth-order valence-electron chi connectivity index (χ4n) is 6.33. The molecule has 6 N–H and O–H groups in total. The van der Waals surface area contributed by atoms with E-state index in [-0.39, 0.29) is 68.9 Å². The first kappa shape index (κ1) is 29.3. The molecule has 0 spiro atoms. The van der Waals surface area contributed by atoms with Gasteiger partial charge in [-0.15, -0.1) is 0 Å². The van der Waals surface area contributed by atoms with Crippen LogP contribution < -0.4 is 5.73 Å². The van der Waals surface area contributed by atoms with E-state index in [1.54, 1.807) is 25.4 Å². The van der Waals surface area contributed by atoms with E-state index in [4.69, 9.17) is 19.9 Å². The summed E-state index contributed by atoms with van der Waals surface area (Å²) < 4.78 is 17.1. The third kappa shape index (κ3) is 4.55. The molecule has 0 amide bonds. The quantitative estimate of drug-likeness (QED) is 0.275. The summed E-state index contributed by atoms with van der Waals surface area (Å²) in [7, 11) is 1.38. The van der Waals surface area contributed by atoms with E-state index >= 15 is 0 Å². The predicted octanol–water partition coefficient (Wildman–Crippen LogP) is 0.181. The van der Waals surface area contributed by atoms with Crippen LogP contribution in [0.3, 0.4) is 0 Å². The molecule has 1 heterocycles. The Morgan fingerprint density at radius 3 is 2.47 bits per heavy atom. The number of methoxy groups -OCH3 is 1. The number of hydrogen-bond donors (Lipinski definition) is 5. The molecule has 38 heavy (non-hydrogen) atoms. The van der Waals surface area contributed by atoms with Crippen LogP contribution in [0.2, 0.25) is 0 Å². The van der Waals surface area contributed by atoms with Gasteiger partial charge in [0.2, 0.25) is 0 Å². The topological polar surface area (TPSA) is 186 Å². The minimum atomic E-state index is -2.05. The summed E-state index contributed by atoms with van der Waals surface area (Å²) in [5.74, 6) is -5.99. The molecule has 1 aliphatic heterocycles. The number of fused-ring (bicyclic) bond motifs is 3. The van der Waals surface area contributed by atoms with Crippen LogP contribution in [0.15, 0.2) is 46.7 Å². The number of carbonyl (C=O) groups is 2. The largest absolute Gasteiger partial charge is 0.539 e. The molecule has 1 radical (unpaired) electrons. The van der Waals surface area contributed by atoms with Crippen LogP contribution in [0, 0.1) is 23.7 Å². The fourth-order valence-corrected chi connectivity index (χ4v) is 6.33. The van der Waals surface area contributed by atoms with Gasteiger partial charge in [-0.3, -0.25) is 9.59 Å². The summed E-state index contributed by atoms with van der Waals surface area (Å²) in [4.78, 5) is 38.9. The SMILES string of the molecule is COC1=CC=CC2C(=O)C3=C(O)C4C[C@@](O)([C-]=O)CC(OC5CC(N)C(O)C(C)O5)C4C(O)=C3C(=O)C12.[Y]. The summed E-state index contributed by atoms with van der Waals surface area (Å²) in [5.41, 5.74) is 3.30. The van der Waals surface area contributed by atoms with Crippen LogP contribution in [0.1, 0.15) is 26.2 Å². The molecule has 5 rings (SSSR count). The Bertz CT molecular complexity index is 1150. The number of ketones is 2. The van der Waals surface area contributed by atoms with Crippen LogP contribution in [0.25, 0.3) is 0 Å². The second kappa shape index (κ2) is 10.7. The molecule has 1 saturated heterocycles. The molecule has 11 nitrogen and oxygen atoms in total. The Morgan fingerprint density at radius 1 is 1.16 bits per heavy atom. The standard InChI is InChI=1S/C26H30NO10.Y/c1-10-21(29)13(27)6-16(36-10)37-15-8-26(34,9-28)7-12-18(15)25(33)20-19(23(12)31)22(30)11-4-3-5-14(35-2)17(11)24(20)32;/h3-5,10-13,15-18,21,29,31,33-34H,6-8,27H2,1-2H3;/q-1;/t10?,11?,12?,13?,15?,16?,17?,18?,21?,26-;/m0./s1. The molecule has 12 heteroatoms. The van der Waals surface area contributed by atoms with Gasteiger partial charge in [-0.25, -0.2) is 6.29 Å². The molecule has 4 aliphatic carbocycles. The van der Waals surface area contributed by atoms with Crippen molar-refractivity contribution in [3.05, 3.63) is 46.7 Å². The van der Waals surface area contributed by atoms with Crippen molar-refractivity contribution < 1.29 is 81.7 Å². The van der Waals surface area contributed by atoms with E-state index in [0.29, 0.717) is 0 Å². The number of Topliss-reactive ketones (excluding diaryl/α,β-unsaturated/α-hetero) is 2. The zero-order valence-electron chi connectivity index (χ0n) is 20.9. The minimum Gasteiger partial charge on any atom is -0.539 e. The summed E-state index contributed by atoms with van der Waals surface area (Å²) in [5, 5.41) is 43.8. The van der Waals surface area contributed by atoms with Crippen molar-refractivity contribution in [2.45, 2.75) is 62.4 Å². The number of rotatable bonds is 4. The van der Waals surface area contributed by atoms with Crippen molar-refractivity contribution in [3.8, 4) is 0 Å². The van der Waals surface area contributed by atoms with E-state index in [1.807, 2.05) is 0 Å². The number of allylic oxidation sites excluding steroid dienone is 7. The normalized spacial score (nSPS) is 42.4. The molecule has 203 valence electrons. The molecule has 9 unspecified atom stereocenters. The monoisotopic (exact) mass is 605 g/mol. The Balaban J connectivity index is 0.00000336. The van der Waals surface area contributed by atoms with Gasteiger partial charge >= 0.3 is 0 Å². The molecule has 2 saturated carbocycles. The Morgan fingerprint density at radius 2 is 1.84 bits per heavy atom.